The predicted octanol–water partition coefficient (Wildman–Crippen LogP) is 3.93. The molecule has 0 spiro atoms. The van der Waals surface area contributed by atoms with Gasteiger partial charge in [-0.25, -0.2) is 0 Å². The molecule has 21 heavy (non-hydrogen) atoms. The second kappa shape index (κ2) is 7.22. The summed E-state index contributed by atoms with van der Waals surface area (Å²) < 4.78 is 0. The Morgan fingerprint density at radius 2 is 2.19 bits per heavy atom. The molecule has 1 saturated carbocycles. The minimum Gasteiger partial charge on any atom is -0.352 e. The minimum atomic E-state index is -0.556. The van der Waals surface area contributed by atoms with Gasteiger partial charge in [-0.2, -0.15) is 0 Å². The molecule has 2 atom stereocenters. The lowest BCUT2D eigenvalue weighted by molar-refractivity contribution is -0.384. The summed E-state index contributed by atoms with van der Waals surface area (Å²) >= 11 is 9.43. The number of hydrogen-bond acceptors (Lipinski definition) is 3. The van der Waals surface area contributed by atoms with Crippen molar-refractivity contribution in [1.82, 2.24) is 5.32 Å². The first-order chi connectivity index (χ1) is 9.95. The van der Waals surface area contributed by atoms with Gasteiger partial charge in [-0.3, -0.25) is 14.9 Å². The number of hydrogen-bond donors (Lipinski definition) is 1. The summed E-state index contributed by atoms with van der Waals surface area (Å²) in [5.41, 5.74) is 0.0474. The van der Waals surface area contributed by atoms with Crippen molar-refractivity contribution < 1.29 is 9.72 Å². The second-order valence-corrected chi connectivity index (χ2v) is 7.03. The number of nitrogens with zero attached hydrogens (tertiary/aromatic N) is 1. The average molecular weight is 376 g/mol. The van der Waals surface area contributed by atoms with Crippen LogP contribution in [0.2, 0.25) is 5.02 Å². The molecule has 2 unspecified atom stereocenters. The van der Waals surface area contributed by atoms with Gasteiger partial charge in [-0.1, -0.05) is 34.0 Å². The van der Waals surface area contributed by atoms with Crippen LogP contribution in [0.5, 0.6) is 0 Å². The molecule has 0 bridgehead atoms. The molecule has 1 aromatic carbocycles. The minimum absolute atomic E-state index is 0.175. The van der Waals surface area contributed by atoms with Gasteiger partial charge in [0.25, 0.3) is 11.6 Å². The van der Waals surface area contributed by atoms with E-state index in [2.05, 4.69) is 21.2 Å². The van der Waals surface area contributed by atoms with E-state index in [0.717, 1.165) is 19.3 Å². The number of carbonyl (C=O) groups excluding carboxylic acids is 1. The molecule has 1 aliphatic rings. The lowest BCUT2D eigenvalue weighted by Gasteiger charge is -2.25. The van der Waals surface area contributed by atoms with Gasteiger partial charge in [0, 0.05) is 34.1 Å². The Labute approximate surface area is 136 Å². The summed E-state index contributed by atoms with van der Waals surface area (Å²) in [5.74, 6) is 0.124. The van der Waals surface area contributed by atoms with Gasteiger partial charge in [0.1, 0.15) is 0 Å². The van der Waals surface area contributed by atoms with Crippen molar-refractivity contribution in [3.8, 4) is 0 Å². The van der Waals surface area contributed by atoms with Crippen LogP contribution >= 0.6 is 27.5 Å². The van der Waals surface area contributed by atoms with Gasteiger partial charge in [0.2, 0.25) is 0 Å². The van der Waals surface area contributed by atoms with E-state index in [4.69, 9.17) is 11.6 Å². The van der Waals surface area contributed by atoms with Gasteiger partial charge >= 0.3 is 0 Å². The van der Waals surface area contributed by atoms with Crippen molar-refractivity contribution in [1.29, 1.82) is 0 Å². The van der Waals surface area contributed by atoms with E-state index < -0.39 is 4.92 Å². The summed E-state index contributed by atoms with van der Waals surface area (Å²) in [6, 6.07) is 3.92. The first-order valence-electron chi connectivity index (χ1n) is 6.83. The fourth-order valence-corrected chi connectivity index (χ4v) is 3.64. The number of halogens is 2. The topological polar surface area (TPSA) is 72.2 Å². The van der Waals surface area contributed by atoms with E-state index in [1.807, 2.05) is 0 Å². The molecule has 0 saturated heterocycles. The molecular formula is C14H16BrClN2O3. The van der Waals surface area contributed by atoms with Gasteiger partial charge in [-0.05, 0) is 31.2 Å². The van der Waals surface area contributed by atoms with Gasteiger partial charge in [0.15, 0.2) is 0 Å². The third kappa shape index (κ3) is 4.68. The van der Waals surface area contributed by atoms with E-state index in [9.17, 15) is 14.9 Å². The quantitative estimate of drug-likeness (QED) is 0.492. The van der Waals surface area contributed by atoms with Crippen LogP contribution in [0, 0.1) is 16.0 Å². The average Bonchev–Trinajstić information content (AvgIpc) is 2.44. The van der Waals surface area contributed by atoms with Crippen molar-refractivity contribution in [3.63, 3.8) is 0 Å². The Kier molecular flexibility index (Phi) is 5.58. The van der Waals surface area contributed by atoms with Crippen molar-refractivity contribution in [2.75, 3.05) is 6.54 Å². The van der Waals surface area contributed by atoms with Gasteiger partial charge in [0.05, 0.1) is 4.92 Å². The van der Waals surface area contributed by atoms with E-state index >= 15 is 0 Å². The third-order valence-electron chi connectivity index (χ3n) is 3.63. The van der Waals surface area contributed by atoms with Crippen LogP contribution in [0.15, 0.2) is 18.2 Å². The Bertz CT molecular complexity index is 553. The van der Waals surface area contributed by atoms with Crippen LogP contribution in [0.4, 0.5) is 5.69 Å². The standard InChI is InChI=1S/C14H16BrClN2O3/c15-11-3-1-2-9(4-11)8-17-14(19)10-5-12(16)7-13(6-10)18(20)21/h5-7,9,11H,1-4,8H2,(H,17,19). The van der Waals surface area contributed by atoms with Crippen LogP contribution in [0.25, 0.3) is 0 Å². The molecule has 7 heteroatoms. The summed E-state index contributed by atoms with van der Waals surface area (Å²) in [6.45, 7) is 0.585. The number of rotatable bonds is 4. The number of carbonyl (C=O) groups is 1. The molecule has 2 rings (SSSR count). The molecule has 1 aromatic rings. The maximum Gasteiger partial charge on any atom is 0.271 e. The molecule has 1 amide bonds. The first kappa shape index (κ1) is 16.2. The van der Waals surface area contributed by atoms with Crippen molar-refractivity contribution in [3.05, 3.63) is 38.9 Å². The normalized spacial score (nSPS) is 21.8. The summed E-state index contributed by atoms with van der Waals surface area (Å²) in [6.07, 6.45) is 4.46. The SMILES string of the molecule is O=C(NCC1CCCC(Br)C1)c1cc(Cl)cc([N+](=O)[O-])c1. The summed E-state index contributed by atoms with van der Waals surface area (Å²) in [4.78, 5) is 22.8. The third-order valence-corrected chi connectivity index (χ3v) is 4.68. The highest BCUT2D eigenvalue weighted by molar-refractivity contribution is 9.09. The largest absolute Gasteiger partial charge is 0.352 e. The molecule has 0 heterocycles. The number of benzene rings is 1. The van der Waals surface area contributed by atoms with Crippen LogP contribution in [-0.2, 0) is 0 Å². The highest BCUT2D eigenvalue weighted by Crippen LogP contribution is 2.28. The smallest absolute Gasteiger partial charge is 0.271 e. The Morgan fingerprint density at radius 1 is 1.43 bits per heavy atom. The second-order valence-electron chi connectivity index (χ2n) is 5.30. The molecule has 1 N–H and O–H groups in total. The first-order valence-corrected chi connectivity index (χ1v) is 8.12. The fourth-order valence-electron chi connectivity index (χ4n) is 2.56. The molecule has 0 aromatic heterocycles. The number of nitro groups is 1. The van der Waals surface area contributed by atoms with Gasteiger partial charge in [-0.15, -0.1) is 0 Å². The Balaban J connectivity index is 1.98. The number of nitrogens with one attached hydrogen (secondary N) is 1. The van der Waals surface area contributed by atoms with E-state index in [1.165, 1.54) is 24.6 Å². The zero-order chi connectivity index (χ0) is 15.4. The highest BCUT2D eigenvalue weighted by atomic mass is 79.9. The Hall–Kier alpha value is -1.14. The lowest BCUT2D eigenvalue weighted by atomic mass is 9.89. The van der Waals surface area contributed by atoms with E-state index in [1.54, 1.807) is 0 Å². The maximum atomic E-state index is 12.1. The molecule has 0 aliphatic heterocycles. The van der Waals surface area contributed by atoms with E-state index in [-0.39, 0.29) is 22.2 Å². The molecule has 114 valence electrons. The lowest BCUT2D eigenvalue weighted by Crippen LogP contribution is -2.32. The molecule has 1 aliphatic carbocycles. The number of non-ortho nitro benzene ring substituents is 1. The zero-order valence-electron chi connectivity index (χ0n) is 11.4. The fraction of sp³-hybridized carbons (Fsp3) is 0.500. The van der Waals surface area contributed by atoms with Crippen molar-refractivity contribution in [2.24, 2.45) is 5.92 Å². The van der Waals surface area contributed by atoms with Crippen molar-refractivity contribution >= 4 is 39.1 Å². The zero-order valence-corrected chi connectivity index (χ0v) is 13.7. The Morgan fingerprint density at radius 3 is 2.86 bits per heavy atom. The molecular weight excluding hydrogens is 360 g/mol. The van der Waals surface area contributed by atoms with Crippen LogP contribution in [0.1, 0.15) is 36.0 Å². The highest BCUT2D eigenvalue weighted by Gasteiger charge is 2.21. The summed E-state index contributed by atoms with van der Waals surface area (Å²) in [5, 5.41) is 13.8. The number of nitro benzene ring substituents is 1. The monoisotopic (exact) mass is 374 g/mol. The molecule has 1 fully saturated rings. The van der Waals surface area contributed by atoms with Crippen LogP contribution in [0.3, 0.4) is 0 Å². The van der Waals surface area contributed by atoms with Crippen LogP contribution < -0.4 is 5.32 Å². The van der Waals surface area contributed by atoms with E-state index in [0.29, 0.717) is 17.3 Å². The predicted molar refractivity (Wildman–Crippen MR) is 85.1 cm³/mol. The molecule has 0 radical (unpaired) electrons. The number of amides is 1. The number of alkyl halides is 1. The maximum absolute atomic E-state index is 12.1. The molecule has 5 nitrogen and oxygen atoms in total. The van der Waals surface area contributed by atoms with Gasteiger partial charge < -0.3 is 5.32 Å². The summed E-state index contributed by atoms with van der Waals surface area (Å²) in [7, 11) is 0. The van der Waals surface area contributed by atoms with Crippen LogP contribution in [-0.4, -0.2) is 22.2 Å². The van der Waals surface area contributed by atoms with Crippen molar-refractivity contribution in [2.45, 2.75) is 30.5 Å².